The maximum absolute atomic E-state index is 14.1. The highest BCUT2D eigenvalue weighted by atomic mass is 35.5. The molecule has 0 aromatic heterocycles. The van der Waals surface area contributed by atoms with Crippen LogP contribution in [0.3, 0.4) is 0 Å². The van der Waals surface area contributed by atoms with Crippen LogP contribution in [0.15, 0.2) is 66.7 Å². The smallest absolute Gasteiger partial charge is 0.244 e. The summed E-state index contributed by atoms with van der Waals surface area (Å²) < 4.78 is 26.8. The van der Waals surface area contributed by atoms with Gasteiger partial charge in [0, 0.05) is 34.1 Å². The number of sulfonamides is 1. The molecule has 0 fully saturated rings. The fraction of sp³-hybridized carbons (Fsp3) is 0.333. The molecule has 0 aliphatic rings. The molecule has 7 nitrogen and oxygen atoms in total. The van der Waals surface area contributed by atoms with Crippen LogP contribution in [0.25, 0.3) is 0 Å². The Balaban J connectivity index is 2.10. The number of nitrogens with zero attached hydrogens (tertiary/aromatic N) is 2. The van der Waals surface area contributed by atoms with Gasteiger partial charge in [-0.1, -0.05) is 84.2 Å². The van der Waals surface area contributed by atoms with Crippen LogP contribution in [0.1, 0.15) is 37.0 Å². The summed E-state index contributed by atoms with van der Waals surface area (Å²) in [4.78, 5) is 29.2. The molecule has 0 saturated heterocycles. The van der Waals surface area contributed by atoms with E-state index in [1.54, 1.807) is 37.3 Å². The predicted octanol–water partition coefficient (Wildman–Crippen LogP) is 6.28. The highest BCUT2D eigenvalue weighted by Gasteiger charge is 2.34. The lowest BCUT2D eigenvalue weighted by atomic mass is 10.0. The van der Waals surface area contributed by atoms with Gasteiger partial charge in [0.2, 0.25) is 21.8 Å². The van der Waals surface area contributed by atoms with Gasteiger partial charge in [0.25, 0.3) is 0 Å². The standard InChI is InChI=1S/C30H34Cl3N3O4S/c1-5-21(3)34-30(38)28(15-22-9-7-6-8-10-22)35(18-23-12-13-24(31)16-27(23)33)29(37)19-36(41(4,39)40)25-14-11-20(2)26(32)17-25/h6-14,16-17,21,28H,5,15,18-19H2,1-4H3,(H,34,38)/t21-,28+/m1/s1. The number of aryl methyl sites for hydroxylation is 1. The first-order chi connectivity index (χ1) is 19.3. The number of hydrogen-bond donors (Lipinski definition) is 1. The van der Waals surface area contributed by atoms with E-state index in [1.807, 2.05) is 44.2 Å². The average molecular weight is 639 g/mol. The zero-order chi connectivity index (χ0) is 30.3. The minimum atomic E-state index is -3.91. The van der Waals surface area contributed by atoms with Crippen LogP contribution in [-0.4, -0.2) is 50.0 Å². The molecular formula is C30H34Cl3N3O4S. The van der Waals surface area contributed by atoms with Crippen LogP contribution in [0.5, 0.6) is 0 Å². The summed E-state index contributed by atoms with van der Waals surface area (Å²) in [6.07, 6.45) is 1.91. The third-order valence-electron chi connectivity index (χ3n) is 6.75. The van der Waals surface area contributed by atoms with Crippen molar-refractivity contribution in [1.29, 1.82) is 0 Å². The molecule has 3 rings (SSSR count). The fourth-order valence-corrected chi connectivity index (χ4v) is 5.66. The summed E-state index contributed by atoms with van der Waals surface area (Å²) in [5, 5.41) is 4.10. The average Bonchev–Trinajstić information content (AvgIpc) is 2.91. The third kappa shape index (κ3) is 9.10. The van der Waals surface area contributed by atoms with Gasteiger partial charge >= 0.3 is 0 Å². The lowest BCUT2D eigenvalue weighted by Gasteiger charge is -2.34. The molecule has 0 spiro atoms. The summed E-state index contributed by atoms with van der Waals surface area (Å²) in [5.74, 6) is -0.940. The van der Waals surface area contributed by atoms with Crippen LogP contribution < -0.4 is 9.62 Å². The summed E-state index contributed by atoms with van der Waals surface area (Å²) >= 11 is 18.9. The molecule has 2 amide bonds. The van der Waals surface area contributed by atoms with Gasteiger partial charge in [0.1, 0.15) is 12.6 Å². The van der Waals surface area contributed by atoms with Crippen molar-refractivity contribution in [3.8, 4) is 0 Å². The third-order valence-corrected chi connectivity index (χ3v) is 8.89. The van der Waals surface area contributed by atoms with Crippen molar-refractivity contribution in [1.82, 2.24) is 10.2 Å². The molecule has 41 heavy (non-hydrogen) atoms. The molecule has 0 heterocycles. The highest BCUT2D eigenvalue weighted by Crippen LogP contribution is 2.27. The molecule has 0 aliphatic carbocycles. The van der Waals surface area contributed by atoms with Crippen LogP contribution in [-0.2, 0) is 32.6 Å². The molecule has 3 aromatic carbocycles. The van der Waals surface area contributed by atoms with E-state index in [9.17, 15) is 18.0 Å². The summed E-state index contributed by atoms with van der Waals surface area (Å²) in [5.41, 5.74) is 2.40. The number of halogens is 3. The van der Waals surface area contributed by atoms with Crippen LogP contribution >= 0.6 is 34.8 Å². The van der Waals surface area contributed by atoms with Gasteiger partial charge in [0.15, 0.2) is 0 Å². The lowest BCUT2D eigenvalue weighted by Crippen LogP contribution is -2.54. The first kappa shape index (κ1) is 32.7. The van der Waals surface area contributed by atoms with E-state index < -0.39 is 28.5 Å². The summed E-state index contributed by atoms with van der Waals surface area (Å²) in [7, 11) is -3.91. The number of benzene rings is 3. The Labute approximate surface area is 257 Å². The molecule has 11 heteroatoms. The lowest BCUT2D eigenvalue weighted by molar-refractivity contribution is -0.140. The number of anilines is 1. The molecule has 0 aliphatic heterocycles. The molecule has 0 saturated carbocycles. The largest absolute Gasteiger partial charge is 0.352 e. The van der Waals surface area contributed by atoms with Crippen LogP contribution in [0.4, 0.5) is 5.69 Å². The molecular weight excluding hydrogens is 605 g/mol. The van der Waals surface area contributed by atoms with Gasteiger partial charge in [-0.3, -0.25) is 13.9 Å². The van der Waals surface area contributed by atoms with Crippen molar-refractivity contribution in [2.75, 3.05) is 17.1 Å². The molecule has 3 aromatic rings. The zero-order valence-electron chi connectivity index (χ0n) is 23.4. The first-order valence-electron chi connectivity index (χ1n) is 13.1. The second-order valence-electron chi connectivity index (χ2n) is 9.98. The van der Waals surface area contributed by atoms with E-state index in [1.165, 1.54) is 11.0 Å². The zero-order valence-corrected chi connectivity index (χ0v) is 26.5. The normalized spacial score (nSPS) is 12.9. The van der Waals surface area contributed by atoms with Gasteiger partial charge in [-0.15, -0.1) is 0 Å². The Kier molecular flexibility index (Phi) is 11.5. The molecule has 220 valence electrons. The Morgan fingerprint density at radius 3 is 2.22 bits per heavy atom. The van der Waals surface area contributed by atoms with E-state index in [0.717, 1.165) is 21.7 Å². The minimum absolute atomic E-state index is 0.0491. The number of carbonyl (C=O) groups excluding carboxylic acids is 2. The van der Waals surface area contributed by atoms with E-state index >= 15 is 0 Å². The summed E-state index contributed by atoms with van der Waals surface area (Å²) in [6, 6.07) is 17.9. The van der Waals surface area contributed by atoms with Crippen LogP contribution in [0.2, 0.25) is 15.1 Å². The maximum Gasteiger partial charge on any atom is 0.244 e. The van der Waals surface area contributed by atoms with Crippen molar-refractivity contribution in [2.45, 2.75) is 52.2 Å². The Bertz CT molecular complexity index is 1490. The van der Waals surface area contributed by atoms with Crippen LogP contribution in [0, 0.1) is 6.92 Å². The topological polar surface area (TPSA) is 86.8 Å². The number of rotatable bonds is 12. The first-order valence-corrected chi connectivity index (χ1v) is 16.1. The Hall–Kier alpha value is -2.78. The number of hydrogen-bond acceptors (Lipinski definition) is 4. The maximum atomic E-state index is 14.1. The van der Waals surface area contributed by atoms with Gasteiger partial charge < -0.3 is 10.2 Å². The number of nitrogens with one attached hydrogen (secondary N) is 1. The Morgan fingerprint density at radius 1 is 0.951 bits per heavy atom. The van der Waals surface area contributed by atoms with Crippen molar-refractivity contribution in [3.05, 3.63) is 98.5 Å². The molecule has 0 bridgehead atoms. The van der Waals surface area contributed by atoms with E-state index in [4.69, 9.17) is 34.8 Å². The number of amides is 2. The fourth-order valence-electron chi connectivity index (χ4n) is 4.18. The van der Waals surface area contributed by atoms with Crippen molar-refractivity contribution in [3.63, 3.8) is 0 Å². The highest BCUT2D eigenvalue weighted by molar-refractivity contribution is 7.92. The quantitative estimate of drug-likeness (QED) is 0.253. The van der Waals surface area contributed by atoms with Gasteiger partial charge in [-0.2, -0.15) is 0 Å². The second kappa shape index (κ2) is 14.4. The van der Waals surface area contributed by atoms with E-state index in [-0.39, 0.29) is 30.6 Å². The van der Waals surface area contributed by atoms with Crippen molar-refractivity contribution >= 4 is 62.3 Å². The monoisotopic (exact) mass is 637 g/mol. The minimum Gasteiger partial charge on any atom is -0.352 e. The molecule has 0 radical (unpaired) electrons. The Morgan fingerprint density at radius 2 is 1.63 bits per heavy atom. The van der Waals surface area contributed by atoms with Gasteiger partial charge in [-0.25, -0.2) is 8.42 Å². The SMILES string of the molecule is CC[C@@H](C)NC(=O)[C@H](Cc1ccccc1)N(Cc1ccc(Cl)cc1Cl)C(=O)CN(c1ccc(C)c(Cl)c1)S(C)(=O)=O. The van der Waals surface area contributed by atoms with Crippen molar-refractivity contribution < 1.29 is 18.0 Å². The molecule has 1 N–H and O–H groups in total. The predicted molar refractivity (Wildman–Crippen MR) is 167 cm³/mol. The molecule has 0 unspecified atom stereocenters. The van der Waals surface area contributed by atoms with E-state index in [2.05, 4.69) is 5.32 Å². The summed E-state index contributed by atoms with van der Waals surface area (Å²) in [6.45, 7) is 5.03. The van der Waals surface area contributed by atoms with Gasteiger partial charge in [-0.05, 0) is 61.2 Å². The van der Waals surface area contributed by atoms with Gasteiger partial charge in [0.05, 0.1) is 11.9 Å². The second-order valence-corrected chi connectivity index (χ2v) is 13.1. The molecule has 2 atom stereocenters. The van der Waals surface area contributed by atoms with E-state index in [0.29, 0.717) is 27.1 Å². The number of carbonyl (C=O) groups is 2. The van der Waals surface area contributed by atoms with Crippen molar-refractivity contribution in [2.24, 2.45) is 0 Å².